The first-order chi connectivity index (χ1) is 14.5. The number of aromatic nitrogens is 4. The highest BCUT2D eigenvalue weighted by atomic mass is 16.1. The molecule has 0 fully saturated rings. The number of nitrogens with one attached hydrogen (secondary N) is 1. The Kier molecular flexibility index (Phi) is 4.06. The van der Waals surface area contributed by atoms with Crippen molar-refractivity contribution < 1.29 is 0 Å². The van der Waals surface area contributed by atoms with Crippen LogP contribution in [0.25, 0.3) is 39.1 Å². The van der Waals surface area contributed by atoms with E-state index in [1.165, 1.54) is 0 Å². The van der Waals surface area contributed by atoms with Crippen molar-refractivity contribution in [3.63, 3.8) is 0 Å². The molecule has 2 heterocycles. The smallest absolute Gasteiger partial charge is 0.333 e. The number of aryl methyl sites for hydroxylation is 2. The van der Waals surface area contributed by atoms with Gasteiger partial charge in [-0.05, 0) is 42.8 Å². The Labute approximate surface area is 173 Å². The van der Waals surface area contributed by atoms with Crippen LogP contribution in [0, 0.1) is 6.92 Å². The molecule has 6 nitrogen and oxygen atoms in total. The maximum atomic E-state index is 13.0. The molecule has 0 amide bonds. The maximum Gasteiger partial charge on any atom is 0.333 e. The van der Waals surface area contributed by atoms with Crippen LogP contribution in [0.3, 0.4) is 0 Å². The molecule has 148 valence electrons. The fraction of sp³-hybridized carbons (Fsp3) is 0.0833. The standard InChI is InChI=1S/C24H21N5O/c1-15-7-6-8-17(13-15)22-21(23(25)27-26-22)16-11-12-19-20(14-16)28(2)24(30)29(19)18-9-4-3-5-10-18/h3-14H,1-2H3,(H3,25,26,27). The molecule has 0 saturated carbocycles. The number of aromatic amines is 1. The normalized spacial score (nSPS) is 11.3. The summed E-state index contributed by atoms with van der Waals surface area (Å²) in [6, 6.07) is 23.8. The van der Waals surface area contributed by atoms with Crippen molar-refractivity contribution in [2.75, 3.05) is 5.73 Å². The Morgan fingerprint density at radius 1 is 0.900 bits per heavy atom. The molecule has 0 radical (unpaired) electrons. The highest BCUT2D eigenvalue weighted by molar-refractivity contribution is 5.92. The second-order valence-corrected chi connectivity index (χ2v) is 7.44. The molecule has 0 spiro atoms. The second kappa shape index (κ2) is 6.77. The zero-order chi connectivity index (χ0) is 20.8. The molecule has 0 bridgehead atoms. The first-order valence-electron chi connectivity index (χ1n) is 9.73. The van der Waals surface area contributed by atoms with E-state index in [4.69, 9.17) is 5.73 Å². The van der Waals surface area contributed by atoms with Crippen LogP contribution in [0.4, 0.5) is 5.82 Å². The lowest BCUT2D eigenvalue weighted by atomic mass is 9.99. The summed E-state index contributed by atoms with van der Waals surface area (Å²) in [4.78, 5) is 13.0. The zero-order valence-corrected chi connectivity index (χ0v) is 16.8. The van der Waals surface area contributed by atoms with Crippen molar-refractivity contribution >= 4 is 16.9 Å². The molecule has 0 saturated heterocycles. The molecule has 3 N–H and O–H groups in total. The van der Waals surface area contributed by atoms with E-state index in [9.17, 15) is 4.79 Å². The number of fused-ring (bicyclic) bond motifs is 1. The van der Waals surface area contributed by atoms with Crippen molar-refractivity contribution in [3.05, 3.63) is 88.8 Å². The molecule has 0 aliphatic carbocycles. The number of imidazole rings is 1. The van der Waals surface area contributed by atoms with E-state index < -0.39 is 0 Å². The molecule has 30 heavy (non-hydrogen) atoms. The van der Waals surface area contributed by atoms with E-state index in [0.717, 1.165) is 44.7 Å². The van der Waals surface area contributed by atoms with Crippen molar-refractivity contribution in [1.82, 2.24) is 19.3 Å². The number of hydrogen-bond acceptors (Lipinski definition) is 3. The van der Waals surface area contributed by atoms with Crippen molar-refractivity contribution in [2.45, 2.75) is 6.92 Å². The van der Waals surface area contributed by atoms with E-state index in [1.54, 1.807) is 16.2 Å². The first-order valence-corrected chi connectivity index (χ1v) is 9.73. The lowest BCUT2D eigenvalue weighted by molar-refractivity contribution is 0.846. The molecule has 0 aliphatic heterocycles. The van der Waals surface area contributed by atoms with Gasteiger partial charge >= 0.3 is 5.69 Å². The summed E-state index contributed by atoms with van der Waals surface area (Å²) >= 11 is 0. The van der Waals surface area contributed by atoms with E-state index in [1.807, 2.05) is 60.7 Å². The Hall–Kier alpha value is -4.06. The summed E-state index contributed by atoms with van der Waals surface area (Å²) in [5.41, 5.74) is 13.4. The van der Waals surface area contributed by atoms with Crippen LogP contribution < -0.4 is 11.4 Å². The fourth-order valence-corrected chi connectivity index (χ4v) is 3.98. The first kappa shape index (κ1) is 18.0. The predicted octanol–water partition coefficient (Wildman–Crippen LogP) is 4.28. The monoisotopic (exact) mass is 395 g/mol. The molecule has 5 aromatic rings. The Bertz CT molecular complexity index is 1440. The number of benzene rings is 3. The highest BCUT2D eigenvalue weighted by Crippen LogP contribution is 2.36. The van der Waals surface area contributed by atoms with Gasteiger partial charge in [-0.25, -0.2) is 4.79 Å². The number of rotatable bonds is 3. The van der Waals surface area contributed by atoms with Gasteiger partial charge in [-0.2, -0.15) is 5.10 Å². The van der Waals surface area contributed by atoms with Gasteiger partial charge in [0.05, 0.1) is 28.0 Å². The summed E-state index contributed by atoms with van der Waals surface area (Å²) in [6.45, 7) is 2.05. The van der Waals surface area contributed by atoms with Crippen LogP contribution in [-0.2, 0) is 7.05 Å². The molecule has 5 rings (SSSR count). The van der Waals surface area contributed by atoms with Gasteiger partial charge in [0.25, 0.3) is 0 Å². The summed E-state index contributed by atoms with van der Waals surface area (Å²) in [7, 11) is 1.79. The number of nitrogen functional groups attached to an aromatic ring is 1. The molecular weight excluding hydrogens is 374 g/mol. The zero-order valence-electron chi connectivity index (χ0n) is 16.8. The van der Waals surface area contributed by atoms with Gasteiger partial charge in [-0.3, -0.25) is 14.2 Å². The summed E-state index contributed by atoms with van der Waals surface area (Å²) in [5.74, 6) is 0.429. The van der Waals surface area contributed by atoms with Gasteiger partial charge in [-0.1, -0.05) is 48.0 Å². The van der Waals surface area contributed by atoms with Crippen molar-refractivity contribution in [2.24, 2.45) is 7.05 Å². The Morgan fingerprint density at radius 3 is 2.47 bits per heavy atom. The molecule has 0 unspecified atom stereocenters. The van der Waals surface area contributed by atoms with Crippen LogP contribution >= 0.6 is 0 Å². The fourth-order valence-electron chi connectivity index (χ4n) is 3.98. The lowest BCUT2D eigenvalue weighted by Crippen LogP contribution is -2.20. The molecule has 2 aromatic heterocycles. The third kappa shape index (κ3) is 2.73. The predicted molar refractivity (Wildman–Crippen MR) is 121 cm³/mol. The molecule has 6 heteroatoms. The van der Waals surface area contributed by atoms with E-state index in [2.05, 4.69) is 29.3 Å². The Balaban J connectivity index is 1.73. The minimum atomic E-state index is -0.0903. The van der Waals surface area contributed by atoms with Crippen LogP contribution in [0.15, 0.2) is 77.6 Å². The number of para-hydroxylation sites is 1. The van der Waals surface area contributed by atoms with Gasteiger partial charge in [0.1, 0.15) is 0 Å². The third-order valence-electron chi connectivity index (χ3n) is 5.46. The number of hydrogen-bond donors (Lipinski definition) is 2. The van der Waals surface area contributed by atoms with Crippen LogP contribution in [0.1, 0.15) is 5.56 Å². The van der Waals surface area contributed by atoms with Crippen molar-refractivity contribution in [1.29, 1.82) is 0 Å². The largest absolute Gasteiger partial charge is 0.382 e. The van der Waals surface area contributed by atoms with Crippen LogP contribution in [-0.4, -0.2) is 19.3 Å². The summed E-state index contributed by atoms with van der Waals surface area (Å²) in [6.07, 6.45) is 0. The maximum absolute atomic E-state index is 13.0. The van der Waals surface area contributed by atoms with Crippen molar-refractivity contribution in [3.8, 4) is 28.1 Å². The van der Waals surface area contributed by atoms with Gasteiger partial charge in [0, 0.05) is 12.6 Å². The van der Waals surface area contributed by atoms with E-state index in [0.29, 0.717) is 5.82 Å². The number of nitrogens with two attached hydrogens (primary N) is 1. The lowest BCUT2D eigenvalue weighted by Gasteiger charge is -2.07. The van der Waals surface area contributed by atoms with Crippen LogP contribution in [0.5, 0.6) is 0 Å². The number of H-pyrrole nitrogens is 1. The van der Waals surface area contributed by atoms with E-state index in [-0.39, 0.29) is 5.69 Å². The average Bonchev–Trinajstić information content (AvgIpc) is 3.26. The highest BCUT2D eigenvalue weighted by Gasteiger charge is 2.18. The summed E-state index contributed by atoms with van der Waals surface area (Å²) < 4.78 is 3.38. The number of nitrogens with zero attached hydrogens (tertiary/aromatic N) is 3. The Morgan fingerprint density at radius 2 is 1.70 bits per heavy atom. The minimum Gasteiger partial charge on any atom is -0.382 e. The van der Waals surface area contributed by atoms with Gasteiger partial charge in [0.2, 0.25) is 0 Å². The SMILES string of the molecule is Cc1cccc(-c2[nH]nc(N)c2-c2ccc3c(c2)n(C)c(=O)n3-c2ccccc2)c1. The molecular formula is C24H21N5O. The molecule has 3 aromatic carbocycles. The van der Waals surface area contributed by atoms with Crippen LogP contribution in [0.2, 0.25) is 0 Å². The molecule has 0 aliphatic rings. The quantitative estimate of drug-likeness (QED) is 0.478. The second-order valence-electron chi connectivity index (χ2n) is 7.44. The topological polar surface area (TPSA) is 81.6 Å². The van der Waals surface area contributed by atoms with Gasteiger partial charge < -0.3 is 5.73 Å². The van der Waals surface area contributed by atoms with Gasteiger partial charge in [0.15, 0.2) is 5.82 Å². The minimum absolute atomic E-state index is 0.0903. The number of anilines is 1. The average molecular weight is 395 g/mol. The summed E-state index contributed by atoms with van der Waals surface area (Å²) in [5, 5.41) is 7.32. The molecule has 0 atom stereocenters. The van der Waals surface area contributed by atoms with E-state index >= 15 is 0 Å². The van der Waals surface area contributed by atoms with Gasteiger partial charge in [-0.15, -0.1) is 0 Å². The third-order valence-corrected chi connectivity index (χ3v) is 5.46.